The van der Waals surface area contributed by atoms with Gasteiger partial charge in [-0.1, -0.05) is 0 Å². The first-order chi connectivity index (χ1) is 7.11. The highest BCUT2D eigenvalue weighted by molar-refractivity contribution is 9.10. The lowest BCUT2D eigenvalue weighted by Crippen LogP contribution is -2.14. The summed E-state index contributed by atoms with van der Waals surface area (Å²) in [6, 6.07) is 1.97. The largest absolute Gasteiger partial charge is 0.377 e. The minimum absolute atomic E-state index is 0.278. The molecule has 0 aliphatic carbocycles. The molecule has 4 heteroatoms. The van der Waals surface area contributed by atoms with E-state index in [9.17, 15) is 0 Å². The van der Waals surface area contributed by atoms with E-state index in [1.165, 1.54) is 5.56 Å². The van der Waals surface area contributed by atoms with Crippen LogP contribution in [0.4, 0.5) is 5.82 Å². The Morgan fingerprint density at radius 1 is 1.53 bits per heavy atom. The minimum atomic E-state index is 0.278. The first kappa shape index (κ1) is 12.5. The molecule has 3 nitrogen and oxygen atoms in total. The highest BCUT2D eigenvalue weighted by Gasteiger charge is 2.02. The normalized spacial score (nSPS) is 10.7. The summed E-state index contributed by atoms with van der Waals surface area (Å²) >= 11 is 3.50. The number of nitrogens with one attached hydrogen (secondary N) is 1. The average Bonchev–Trinajstić information content (AvgIpc) is 2.18. The van der Waals surface area contributed by atoms with E-state index < -0.39 is 0 Å². The van der Waals surface area contributed by atoms with Gasteiger partial charge in [-0.05, 0) is 48.3 Å². The maximum Gasteiger partial charge on any atom is 0.140 e. The van der Waals surface area contributed by atoms with Crippen molar-refractivity contribution in [1.29, 1.82) is 0 Å². The lowest BCUT2D eigenvalue weighted by molar-refractivity contribution is 0.0870. The Bertz CT molecular complexity index is 315. The van der Waals surface area contributed by atoms with Crippen LogP contribution in [0.5, 0.6) is 0 Å². The Kier molecular flexibility index (Phi) is 5.05. The van der Waals surface area contributed by atoms with Gasteiger partial charge in [-0.15, -0.1) is 0 Å². The quantitative estimate of drug-likeness (QED) is 0.837. The number of pyridine rings is 1. The second-order valence-electron chi connectivity index (χ2n) is 3.64. The van der Waals surface area contributed by atoms with Crippen molar-refractivity contribution in [3.8, 4) is 0 Å². The highest BCUT2D eigenvalue weighted by atomic mass is 79.9. The summed E-state index contributed by atoms with van der Waals surface area (Å²) in [4.78, 5) is 4.24. The molecular weight excluding hydrogens is 256 g/mol. The standard InChI is InChI=1S/C11H17BrN2O/c1-8(2)15-7-6-14-11-10(12)9(3)4-5-13-11/h4-5,8H,6-7H2,1-3H3,(H,13,14). The van der Waals surface area contributed by atoms with Gasteiger partial charge in [0.1, 0.15) is 5.82 Å². The zero-order valence-electron chi connectivity index (χ0n) is 9.38. The number of ether oxygens (including phenoxy) is 1. The molecule has 0 aliphatic heterocycles. The summed E-state index contributed by atoms with van der Waals surface area (Å²) in [5.41, 5.74) is 1.18. The number of hydrogen-bond donors (Lipinski definition) is 1. The molecule has 1 aromatic heterocycles. The van der Waals surface area contributed by atoms with E-state index in [0.717, 1.165) is 16.8 Å². The van der Waals surface area contributed by atoms with E-state index >= 15 is 0 Å². The van der Waals surface area contributed by atoms with Crippen LogP contribution in [0.25, 0.3) is 0 Å². The minimum Gasteiger partial charge on any atom is -0.377 e. The van der Waals surface area contributed by atoms with Crippen LogP contribution >= 0.6 is 15.9 Å². The summed E-state index contributed by atoms with van der Waals surface area (Å²) in [7, 11) is 0. The number of aryl methyl sites for hydroxylation is 1. The second kappa shape index (κ2) is 6.08. The van der Waals surface area contributed by atoms with Gasteiger partial charge in [0, 0.05) is 12.7 Å². The molecule has 0 aromatic carbocycles. The monoisotopic (exact) mass is 272 g/mol. The predicted octanol–water partition coefficient (Wildman–Crippen LogP) is 2.99. The van der Waals surface area contributed by atoms with Crippen molar-refractivity contribution in [2.45, 2.75) is 26.9 Å². The van der Waals surface area contributed by atoms with Crippen molar-refractivity contribution in [1.82, 2.24) is 4.98 Å². The van der Waals surface area contributed by atoms with Crippen LogP contribution in [-0.4, -0.2) is 24.2 Å². The average molecular weight is 273 g/mol. The van der Waals surface area contributed by atoms with Crippen LogP contribution in [0, 0.1) is 6.92 Å². The van der Waals surface area contributed by atoms with Crippen LogP contribution in [0.2, 0.25) is 0 Å². The van der Waals surface area contributed by atoms with Crippen LogP contribution in [-0.2, 0) is 4.74 Å². The van der Waals surface area contributed by atoms with E-state index in [1.807, 2.05) is 26.8 Å². The Labute approximate surface area is 99.4 Å². The fourth-order valence-corrected chi connectivity index (χ4v) is 1.50. The first-order valence-corrected chi connectivity index (χ1v) is 5.87. The first-order valence-electron chi connectivity index (χ1n) is 5.08. The number of halogens is 1. The van der Waals surface area contributed by atoms with Crippen molar-refractivity contribution in [2.75, 3.05) is 18.5 Å². The van der Waals surface area contributed by atoms with E-state index in [-0.39, 0.29) is 6.10 Å². The van der Waals surface area contributed by atoms with Crippen molar-refractivity contribution >= 4 is 21.7 Å². The predicted molar refractivity (Wildman–Crippen MR) is 66.3 cm³/mol. The van der Waals surface area contributed by atoms with Gasteiger partial charge >= 0.3 is 0 Å². The Hall–Kier alpha value is -0.610. The van der Waals surface area contributed by atoms with Crippen molar-refractivity contribution in [3.05, 3.63) is 22.3 Å². The summed E-state index contributed by atoms with van der Waals surface area (Å²) < 4.78 is 6.45. The van der Waals surface area contributed by atoms with Crippen LogP contribution in [0.3, 0.4) is 0 Å². The Morgan fingerprint density at radius 3 is 2.93 bits per heavy atom. The molecule has 0 saturated carbocycles. The van der Waals surface area contributed by atoms with Gasteiger partial charge in [0.15, 0.2) is 0 Å². The molecule has 0 amide bonds. The highest BCUT2D eigenvalue weighted by Crippen LogP contribution is 2.22. The van der Waals surface area contributed by atoms with Crippen molar-refractivity contribution in [3.63, 3.8) is 0 Å². The van der Waals surface area contributed by atoms with Gasteiger partial charge in [0.25, 0.3) is 0 Å². The topological polar surface area (TPSA) is 34.2 Å². The van der Waals surface area contributed by atoms with E-state index in [1.54, 1.807) is 6.20 Å². The molecule has 0 atom stereocenters. The van der Waals surface area contributed by atoms with E-state index in [4.69, 9.17) is 4.74 Å². The van der Waals surface area contributed by atoms with Crippen LogP contribution in [0.1, 0.15) is 19.4 Å². The van der Waals surface area contributed by atoms with Gasteiger partial charge in [-0.2, -0.15) is 0 Å². The molecule has 0 radical (unpaired) electrons. The van der Waals surface area contributed by atoms with E-state index in [2.05, 4.69) is 26.2 Å². The smallest absolute Gasteiger partial charge is 0.140 e. The fraction of sp³-hybridized carbons (Fsp3) is 0.545. The van der Waals surface area contributed by atoms with Crippen LogP contribution in [0.15, 0.2) is 16.7 Å². The molecule has 0 aliphatic rings. The Morgan fingerprint density at radius 2 is 2.27 bits per heavy atom. The molecule has 15 heavy (non-hydrogen) atoms. The number of rotatable bonds is 5. The molecule has 0 bridgehead atoms. The maximum atomic E-state index is 5.43. The summed E-state index contributed by atoms with van der Waals surface area (Å²) in [5.74, 6) is 0.877. The van der Waals surface area contributed by atoms with Gasteiger partial charge < -0.3 is 10.1 Å². The summed E-state index contributed by atoms with van der Waals surface area (Å²) in [5, 5.41) is 3.23. The molecule has 0 fully saturated rings. The molecule has 0 unspecified atom stereocenters. The van der Waals surface area contributed by atoms with Gasteiger partial charge in [-0.3, -0.25) is 0 Å². The lowest BCUT2D eigenvalue weighted by atomic mass is 10.3. The molecule has 1 rings (SSSR count). The second-order valence-corrected chi connectivity index (χ2v) is 4.43. The third-order valence-electron chi connectivity index (χ3n) is 1.93. The lowest BCUT2D eigenvalue weighted by Gasteiger charge is -2.10. The number of hydrogen-bond acceptors (Lipinski definition) is 3. The summed E-state index contributed by atoms with van der Waals surface area (Å²) in [6.07, 6.45) is 2.08. The van der Waals surface area contributed by atoms with E-state index in [0.29, 0.717) is 6.61 Å². The SMILES string of the molecule is Cc1ccnc(NCCOC(C)C)c1Br. The van der Waals surface area contributed by atoms with Crippen molar-refractivity contribution in [2.24, 2.45) is 0 Å². The van der Waals surface area contributed by atoms with Gasteiger partial charge in [0.05, 0.1) is 17.2 Å². The number of aromatic nitrogens is 1. The fourth-order valence-electron chi connectivity index (χ4n) is 1.13. The molecule has 1 heterocycles. The third kappa shape index (κ3) is 4.18. The van der Waals surface area contributed by atoms with Gasteiger partial charge in [0.2, 0.25) is 0 Å². The molecule has 0 spiro atoms. The molecule has 0 saturated heterocycles. The zero-order chi connectivity index (χ0) is 11.3. The summed E-state index contributed by atoms with van der Waals surface area (Å²) in [6.45, 7) is 7.57. The number of nitrogens with zero attached hydrogens (tertiary/aromatic N) is 1. The third-order valence-corrected chi connectivity index (χ3v) is 2.93. The molecular formula is C11H17BrN2O. The van der Waals surface area contributed by atoms with Crippen LogP contribution < -0.4 is 5.32 Å². The molecule has 1 aromatic rings. The molecule has 1 N–H and O–H groups in total. The maximum absolute atomic E-state index is 5.43. The number of anilines is 1. The zero-order valence-corrected chi connectivity index (χ0v) is 11.0. The molecule has 84 valence electrons. The van der Waals surface area contributed by atoms with Crippen molar-refractivity contribution < 1.29 is 4.74 Å². The Balaban J connectivity index is 2.41. The van der Waals surface area contributed by atoms with Gasteiger partial charge in [-0.25, -0.2) is 4.98 Å².